The van der Waals surface area contributed by atoms with Gasteiger partial charge in [-0.15, -0.1) is 11.8 Å². The summed E-state index contributed by atoms with van der Waals surface area (Å²) in [6, 6.07) is 5.86. The van der Waals surface area contributed by atoms with Gasteiger partial charge in [-0.05, 0) is 31.0 Å². The van der Waals surface area contributed by atoms with Crippen LogP contribution in [-0.4, -0.2) is 28.9 Å². The molecule has 2 atom stereocenters. The van der Waals surface area contributed by atoms with E-state index in [1.165, 1.54) is 0 Å². The number of thioether (sulfide) groups is 1. The molecule has 1 heterocycles. The highest BCUT2D eigenvalue weighted by atomic mass is 32.2. The van der Waals surface area contributed by atoms with Crippen molar-refractivity contribution in [3.05, 3.63) is 23.8 Å². The number of rotatable bonds is 3. The van der Waals surface area contributed by atoms with Gasteiger partial charge in [0.05, 0.1) is 17.0 Å². The summed E-state index contributed by atoms with van der Waals surface area (Å²) in [7, 11) is 0. The first-order chi connectivity index (χ1) is 8.10. The van der Waals surface area contributed by atoms with Gasteiger partial charge in [0.15, 0.2) is 0 Å². The van der Waals surface area contributed by atoms with Gasteiger partial charge in [0.2, 0.25) is 5.91 Å². The van der Waals surface area contributed by atoms with Gasteiger partial charge in [-0.3, -0.25) is 4.79 Å². The second-order valence-electron chi connectivity index (χ2n) is 4.17. The summed E-state index contributed by atoms with van der Waals surface area (Å²) in [6.07, 6.45) is -0.0150. The van der Waals surface area contributed by atoms with Gasteiger partial charge >= 0.3 is 0 Å². The van der Waals surface area contributed by atoms with Crippen LogP contribution in [-0.2, 0) is 11.2 Å². The van der Waals surface area contributed by atoms with Crippen LogP contribution in [0.5, 0.6) is 0 Å². The molecule has 1 aromatic carbocycles. The number of aliphatic hydroxyl groups excluding tert-OH is 1. The van der Waals surface area contributed by atoms with Gasteiger partial charge in [-0.2, -0.15) is 0 Å². The third kappa shape index (κ3) is 2.80. The van der Waals surface area contributed by atoms with E-state index in [0.29, 0.717) is 6.42 Å². The number of carbonyl (C=O) groups is 1. The van der Waals surface area contributed by atoms with E-state index < -0.39 is 6.10 Å². The third-order valence-electron chi connectivity index (χ3n) is 2.72. The Morgan fingerprint density at radius 1 is 1.59 bits per heavy atom. The quantitative estimate of drug-likeness (QED) is 0.749. The highest BCUT2D eigenvalue weighted by Crippen LogP contribution is 2.36. The lowest BCUT2D eigenvalue weighted by Crippen LogP contribution is -2.26. The van der Waals surface area contributed by atoms with Crippen LogP contribution in [0.2, 0.25) is 0 Å². The topological polar surface area (TPSA) is 75.3 Å². The van der Waals surface area contributed by atoms with Crippen molar-refractivity contribution in [2.45, 2.75) is 29.6 Å². The van der Waals surface area contributed by atoms with Crippen molar-refractivity contribution in [2.24, 2.45) is 5.73 Å². The van der Waals surface area contributed by atoms with Crippen LogP contribution in [0.25, 0.3) is 0 Å². The molecule has 0 fully saturated rings. The molecule has 0 radical (unpaired) electrons. The van der Waals surface area contributed by atoms with Crippen LogP contribution in [0.3, 0.4) is 0 Å². The zero-order valence-corrected chi connectivity index (χ0v) is 10.5. The summed E-state index contributed by atoms with van der Waals surface area (Å²) in [5.74, 6) is 0.0269. The molecule has 0 saturated carbocycles. The van der Waals surface area contributed by atoms with E-state index in [-0.39, 0.29) is 17.7 Å². The predicted octanol–water partition coefficient (Wildman–Crippen LogP) is 0.981. The Morgan fingerprint density at radius 2 is 2.35 bits per heavy atom. The molecule has 2 unspecified atom stereocenters. The molecule has 4 N–H and O–H groups in total. The van der Waals surface area contributed by atoms with Crippen molar-refractivity contribution in [2.75, 3.05) is 11.9 Å². The summed E-state index contributed by atoms with van der Waals surface area (Å²) in [4.78, 5) is 12.6. The molecular formula is C12H16N2O2S. The zero-order valence-electron chi connectivity index (χ0n) is 9.64. The van der Waals surface area contributed by atoms with Gasteiger partial charge < -0.3 is 16.2 Å². The Kier molecular flexibility index (Phi) is 3.71. The third-order valence-corrected chi connectivity index (χ3v) is 3.90. The van der Waals surface area contributed by atoms with Crippen molar-refractivity contribution < 1.29 is 9.90 Å². The number of nitrogens with two attached hydrogens (primary N) is 1. The summed E-state index contributed by atoms with van der Waals surface area (Å²) in [5, 5.41) is 12.3. The fraction of sp³-hybridized carbons (Fsp3) is 0.417. The molecule has 1 amide bonds. The normalized spacial score (nSPS) is 20.6. The van der Waals surface area contributed by atoms with Gasteiger partial charge in [-0.25, -0.2) is 0 Å². The molecule has 0 aromatic heterocycles. The minimum absolute atomic E-state index is 0.0269. The first kappa shape index (κ1) is 12.4. The lowest BCUT2D eigenvalue weighted by molar-refractivity contribution is -0.115. The molecule has 1 aromatic rings. The van der Waals surface area contributed by atoms with Crippen molar-refractivity contribution in [1.82, 2.24) is 0 Å². The Labute approximate surface area is 105 Å². The summed E-state index contributed by atoms with van der Waals surface area (Å²) in [6.45, 7) is 2.13. The van der Waals surface area contributed by atoms with Crippen molar-refractivity contribution >= 4 is 23.4 Å². The Balaban J connectivity index is 2.19. The summed E-state index contributed by atoms with van der Waals surface area (Å²) in [5.41, 5.74) is 7.19. The van der Waals surface area contributed by atoms with Crippen molar-refractivity contribution in [3.8, 4) is 0 Å². The Morgan fingerprint density at radius 3 is 3.06 bits per heavy atom. The van der Waals surface area contributed by atoms with E-state index in [4.69, 9.17) is 5.73 Å². The zero-order chi connectivity index (χ0) is 12.4. The maximum atomic E-state index is 11.5. The lowest BCUT2D eigenvalue weighted by atomic mass is 10.1. The molecular weight excluding hydrogens is 236 g/mol. The number of nitrogens with one attached hydrogen (secondary N) is 1. The largest absolute Gasteiger partial charge is 0.391 e. The number of benzene rings is 1. The van der Waals surface area contributed by atoms with E-state index in [1.54, 1.807) is 11.8 Å². The standard InChI is InChI=1S/C12H16N2O2S/c1-7-12(16)14-10-5-8(4-9(15)6-13)2-3-11(10)17-7/h2-3,5,7,9,15H,4,6,13H2,1H3,(H,14,16). The molecule has 0 saturated heterocycles. The van der Waals surface area contributed by atoms with Crippen LogP contribution < -0.4 is 11.1 Å². The maximum Gasteiger partial charge on any atom is 0.237 e. The molecule has 0 bridgehead atoms. The molecule has 5 heteroatoms. The number of amides is 1. The van der Waals surface area contributed by atoms with E-state index in [0.717, 1.165) is 16.1 Å². The smallest absolute Gasteiger partial charge is 0.237 e. The van der Waals surface area contributed by atoms with Crippen molar-refractivity contribution in [3.63, 3.8) is 0 Å². The minimum atomic E-state index is -0.529. The molecule has 1 aliphatic heterocycles. The number of fused-ring (bicyclic) bond motifs is 1. The molecule has 17 heavy (non-hydrogen) atoms. The Hall–Kier alpha value is -1.04. The number of carbonyl (C=O) groups excluding carboxylic acids is 1. The first-order valence-electron chi connectivity index (χ1n) is 5.58. The second-order valence-corrected chi connectivity index (χ2v) is 5.56. The first-order valence-corrected chi connectivity index (χ1v) is 6.46. The van der Waals surface area contributed by atoms with E-state index >= 15 is 0 Å². The van der Waals surface area contributed by atoms with Crippen LogP contribution in [0.15, 0.2) is 23.1 Å². The summed E-state index contributed by atoms with van der Waals surface area (Å²) < 4.78 is 0. The van der Waals surface area contributed by atoms with E-state index in [1.807, 2.05) is 25.1 Å². The number of hydrogen-bond donors (Lipinski definition) is 3. The fourth-order valence-corrected chi connectivity index (χ4v) is 2.67. The van der Waals surface area contributed by atoms with Crippen molar-refractivity contribution in [1.29, 1.82) is 0 Å². The van der Waals surface area contributed by atoms with Gasteiger partial charge in [0.1, 0.15) is 0 Å². The van der Waals surface area contributed by atoms with Crippen LogP contribution in [0, 0.1) is 0 Å². The predicted molar refractivity (Wildman–Crippen MR) is 69.2 cm³/mol. The van der Waals surface area contributed by atoms with Gasteiger partial charge in [-0.1, -0.05) is 6.07 Å². The lowest BCUT2D eigenvalue weighted by Gasteiger charge is -2.22. The fourth-order valence-electron chi connectivity index (χ4n) is 1.74. The number of anilines is 1. The highest BCUT2D eigenvalue weighted by Gasteiger charge is 2.23. The molecule has 2 rings (SSSR count). The van der Waals surface area contributed by atoms with E-state index in [9.17, 15) is 9.90 Å². The number of hydrogen-bond acceptors (Lipinski definition) is 4. The van der Waals surface area contributed by atoms with E-state index in [2.05, 4.69) is 5.32 Å². The highest BCUT2D eigenvalue weighted by molar-refractivity contribution is 8.00. The summed E-state index contributed by atoms with van der Waals surface area (Å²) >= 11 is 1.55. The monoisotopic (exact) mass is 252 g/mol. The van der Waals surface area contributed by atoms with Gasteiger partial charge in [0.25, 0.3) is 0 Å². The SMILES string of the molecule is CC1Sc2ccc(CC(O)CN)cc2NC1=O. The Bertz CT molecular complexity index is 437. The molecule has 0 spiro atoms. The average molecular weight is 252 g/mol. The molecule has 1 aliphatic rings. The van der Waals surface area contributed by atoms with Gasteiger partial charge in [0, 0.05) is 11.4 Å². The van der Waals surface area contributed by atoms with Crippen LogP contribution in [0.4, 0.5) is 5.69 Å². The molecule has 92 valence electrons. The van der Waals surface area contributed by atoms with Crippen LogP contribution in [0.1, 0.15) is 12.5 Å². The second kappa shape index (κ2) is 5.08. The maximum absolute atomic E-state index is 11.5. The minimum Gasteiger partial charge on any atom is -0.391 e. The average Bonchev–Trinajstić information content (AvgIpc) is 2.31. The number of aliphatic hydroxyl groups is 1. The molecule has 0 aliphatic carbocycles. The molecule has 4 nitrogen and oxygen atoms in total. The van der Waals surface area contributed by atoms with Crippen LogP contribution >= 0.6 is 11.8 Å².